The summed E-state index contributed by atoms with van der Waals surface area (Å²) in [6.45, 7) is 0.521. The number of thiazole rings is 1. The molecular weight excluding hydrogens is 372 g/mol. The van der Waals surface area contributed by atoms with Crippen LogP contribution in [0.3, 0.4) is 0 Å². The normalized spacial score (nSPS) is 10.5. The van der Waals surface area contributed by atoms with Crippen molar-refractivity contribution in [1.29, 1.82) is 5.26 Å². The predicted molar refractivity (Wildman–Crippen MR) is 107 cm³/mol. The van der Waals surface area contributed by atoms with E-state index in [1.54, 1.807) is 29.9 Å². The van der Waals surface area contributed by atoms with Gasteiger partial charge in [-0.2, -0.15) is 5.26 Å². The lowest BCUT2D eigenvalue weighted by Gasteiger charge is -2.05. The summed E-state index contributed by atoms with van der Waals surface area (Å²) in [4.78, 5) is 29.1. The summed E-state index contributed by atoms with van der Waals surface area (Å²) in [7, 11) is 0. The van der Waals surface area contributed by atoms with Crippen molar-refractivity contribution in [3.05, 3.63) is 83.0 Å². The Kier molecular flexibility index (Phi) is 4.70. The highest BCUT2D eigenvalue weighted by atomic mass is 32.1. The Morgan fingerprint density at radius 3 is 2.64 bits per heavy atom. The fraction of sp³-hybridized carbons (Fsp3) is 0.0476. The maximum Gasteiger partial charge on any atom is 0.298 e. The highest BCUT2D eigenvalue weighted by Crippen LogP contribution is 2.24. The van der Waals surface area contributed by atoms with Crippen molar-refractivity contribution in [1.82, 2.24) is 9.55 Å². The molecular formula is C21H14N4O2S. The molecule has 0 saturated heterocycles. The largest absolute Gasteiger partial charge is 0.342 e. The average Bonchev–Trinajstić information content (AvgIpc) is 3.36. The van der Waals surface area contributed by atoms with Gasteiger partial charge in [0.25, 0.3) is 11.7 Å². The molecule has 1 amide bonds. The second-order valence-electron chi connectivity index (χ2n) is 6.12. The van der Waals surface area contributed by atoms with Gasteiger partial charge in [0.15, 0.2) is 5.13 Å². The molecule has 0 aliphatic rings. The minimum atomic E-state index is -0.712. The van der Waals surface area contributed by atoms with Crippen LogP contribution in [0.1, 0.15) is 21.5 Å². The van der Waals surface area contributed by atoms with Gasteiger partial charge in [-0.3, -0.25) is 14.9 Å². The fourth-order valence-electron chi connectivity index (χ4n) is 3.00. The molecule has 1 N–H and O–H groups in total. The van der Waals surface area contributed by atoms with E-state index in [9.17, 15) is 9.59 Å². The number of carbonyl (C=O) groups excluding carboxylic acids is 2. The predicted octanol–water partition coefficient (Wildman–Crippen LogP) is 3.84. The number of rotatable bonds is 5. The van der Waals surface area contributed by atoms with Gasteiger partial charge in [-0.1, -0.05) is 30.3 Å². The smallest absolute Gasteiger partial charge is 0.298 e. The van der Waals surface area contributed by atoms with E-state index in [0.29, 0.717) is 22.8 Å². The number of para-hydroxylation sites is 1. The van der Waals surface area contributed by atoms with Crippen LogP contribution in [0.4, 0.5) is 5.13 Å². The van der Waals surface area contributed by atoms with E-state index in [2.05, 4.69) is 16.4 Å². The molecule has 4 rings (SSSR count). The number of Topliss-reactive ketones (excluding diaryl/α,β-unsaturated/α-hetero) is 1. The number of nitrogens with one attached hydrogen (secondary N) is 1. The van der Waals surface area contributed by atoms with Crippen LogP contribution in [0.5, 0.6) is 0 Å². The summed E-state index contributed by atoms with van der Waals surface area (Å²) in [5, 5.41) is 14.3. The number of nitriles is 1. The summed E-state index contributed by atoms with van der Waals surface area (Å²) in [5.74, 6) is -1.32. The molecule has 2 aromatic carbocycles. The van der Waals surface area contributed by atoms with Gasteiger partial charge in [0.05, 0.1) is 17.2 Å². The van der Waals surface area contributed by atoms with Gasteiger partial charge in [0.1, 0.15) is 0 Å². The molecule has 0 fully saturated rings. The van der Waals surface area contributed by atoms with Crippen LogP contribution in [0.25, 0.3) is 10.9 Å². The highest BCUT2D eigenvalue weighted by molar-refractivity contribution is 7.13. The maximum atomic E-state index is 12.7. The van der Waals surface area contributed by atoms with Crippen molar-refractivity contribution in [2.24, 2.45) is 0 Å². The Bertz CT molecular complexity index is 1200. The topological polar surface area (TPSA) is 87.8 Å². The lowest BCUT2D eigenvalue weighted by atomic mass is 10.1. The summed E-state index contributed by atoms with van der Waals surface area (Å²) >= 11 is 1.25. The Morgan fingerprint density at radius 1 is 1.14 bits per heavy atom. The average molecular weight is 386 g/mol. The second kappa shape index (κ2) is 7.47. The molecule has 2 heterocycles. The zero-order valence-corrected chi connectivity index (χ0v) is 15.4. The molecule has 6 nitrogen and oxygen atoms in total. The first-order chi connectivity index (χ1) is 13.7. The van der Waals surface area contributed by atoms with E-state index in [4.69, 9.17) is 5.26 Å². The summed E-state index contributed by atoms with van der Waals surface area (Å²) < 4.78 is 1.93. The van der Waals surface area contributed by atoms with Crippen molar-refractivity contribution >= 4 is 39.1 Å². The van der Waals surface area contributed by atoms with E-state index >= 15 is 0 Å². The number of carbonyl (C=O) groups is 2. The first kappa shape index (κ1) is 17.6. The molecule has 0 aliphatic carbocycles. The SMILES string of the molecule is N#Cc1ccc(Cn2cc(C(=O)C(=O)Nc3nccs3)c3ccccc32)cc1. The molecule has 28 heavy (non-hydrogen) atoms. The molecule has 0 unspecified atom stereocenters. The van der Waals surface area contributed by atoms with Crippen LogP contribution >= 0.6 is 11.3 Å². The van der Waals surface area contributed by atoms with Gasteiger partial charge in [-0.05, 0) is 23.8 Å². The summed E-state index contributed by atoms with van der Waals surface area (Å²) in [5.41, 5.74) is 2.79. The highest BCUT2D eigenvalue weighted by Gasteiger charge is 2.22. The van der Waals surface area contributed by atoms with Gasteiger partial charge in [0.2, 0.25) is 0 Å². The van der Waals surface area contributed by atoms with Gasteiger partial charge < -0.3 is 4.57 Å². The van der Waals surface area contributed by atoms with Crippen molar-refractivity contribution in [3.8, 4) is 6.07 Å². The van der Waals surface area contributed by atoms with Crippen LogP contribution in [0.15, 0.2) is 66.3 Å². The standard InChI is InChI=1S/C21H14N4O2S/c22-11-14-5-7-15(8-6-14)12-25-13-17(16-3-1-2-4-18(16)25)19(26)20(27)24-21-23-9-10-28-21/h1-10,13H,12H2,(H,23,24,27). The number of nitrogens with zero attached hydrogens (tertiary/aromatic N) is 3. The number of benzene rings is 2. The number of hydrogen-bond acceptors (Lipinski definition) is 5. The number of fused-ring (bicyclic) bond motifs is 1. The maximum absolute atomic E-state index is 12.7. The molecule has 0 atom stereocenters. The molecule has 4 aromatic rings. The lowest BCUT2D eigenvalue weighted by Crippen LogP contribution is -2.22. The molecule has 0 bridgehead atoms. The van der Waals surface area contributed by atoms with E-state index in [-0.39, 0.29) is 0 Å². The quantitative estimate of drug-likeness (QED) is 0.417. The molecule has 0 spiro atoms. The third-order valence-electron chi connectivity index (χ3n) is 4.33. The molecule has 0 saturated carbocycles. The van der Waals surface area contributed by atoms with Crippen molar-refractivity contribution in [2.45, 2.75) is 6.54 Å². The number of hydrogen-bond donors (Lipinski definition) is 1. The van der Waals surface area contributed by atoms with Crippen molar-refractivity contribution in [2.75, 3.05) is 5.32 Å². The molecule has 2 aromatic heterocycles. The first-order valence-electron chi connectivity index (χ1n) is 8.48. The minimum Gasteiger partial charge on any atom is -0.342 e. The van der Waals surface area contributed by atoms with E-state index in [1.807, 2.05) is 41.0 Å². The Morgan fingerprint density at radius 2 is 1.93 bits per heavy atom. The summed E-state index contributed by atoms with van der Waals surface area (Å²) in [6.07, 6.45) is 3.26. The second-order valence-corrected chi connectivity index (χ2v) is 7.01. The first-order valence-corrected chi connectivity index (χ1v) is 9.36. The number of amides is 1. The minimum absolute atomic E-state index is 0.346. The third-order valence-corrected chi connectivity index (χ3v) is 5.02. The van der Waals surface area contributed by atoms with E-state index in [0.717, 1.165) is 16.5 Å². The monoisotopic (exact) mass is 386 g/mol. The van der Waals surface area contributed by atoms with Gasteiger partial charge in [-0.25, -0.2) is 4.98 Å². The van der Waals surface area contributed by atoms with Crippen LogP contribution in [-0.4, -0.2) is 21.2 Å². The van der Waals surface area contributed by atoms with E-state index < -0.39 is 11.7 Å². The number of aromatic nitrogens is 2. The zero-order valence-electron chi connectivity index (χ0n) is 14.6. The van der Waals surface area contributed by atoms with Gasteiger partial charge in [-0.15, -0.1) is 11.3 Å². The van der Waals surface area contributed by atoms with Crippen LogP contribution in [-0.2, 0) is 11.3 Å². The Labute approximate surface area is 164 Å². The zero-order chi connectivity index (χ0) is 19.5. The van der Waals surface area contributed by atoms with Crippen molar-refractivity contribution in [3.63, 3.8) is 0 Å². The molecule has 136 valence electrons. The lowest BCUT2D eigenvalue weighted by molar-refractivity contribution is -0.112. The number of anilines is 1. The Balaban J connectivity index is 1.66. The molecule has 0 radical (unpaired) electrons. The van der Waals surface area contributed by atoms with Crippen LogP contribution in [0, 0.1) is 11.3 Å². The fourth-order valence-corrected chi connectivity index (χ4v) is 3.53. The van der Waals surface area contributed by atoms with Crippen LogP contribution in [0.2, 0.25) is 0 Å². The Hall–Kier alpha value is -3.76. The van der Waals surface area contributed by atoms with Crippen molar-refractivity contribution < 1.29 is 9.59 Å². The molecule has 7 heteroatoms. The summed E-state index contributed by atoms with van der Waals surface area (Å²) in [6, 6.07) is 16.8. The third kappa shape index (κ3) is 3.41. The molecule has 0 aliphatic heterocycles. The van der Waals surface area contributed by atoms with Gasteiger partial charge in [0, 0.05) is 35.2 Å². The van der Waals surface area contributed by atoms with Crippen LogP contribution < -0.4 is 5.32 Å². The van der Waals surface area contributed by atoms with E-state index in [1.165, 1.54) is 11.3 Å². The number of ketones is 1. The van der Waals surface area contributed by atoms with Gasteiger partial charge >= 0.3 is 0 Å².